The van der Waals surface area contributed by atoms with Crippen molar-refractivity contribution in [1.29, 1.82) is 0 Å². The van der Waals surface area contributed by atoms with Crippen LogP contribution in [0.5, 0.6) is 0 Å². The zero-order chi connectivity index (χ0) is 17.9. The first-order valence-electron chi connectivity index (χ1n) is 9.25. The van der Waals surface area contributed by atoms with Gasteiger partial charge in [0.25, 0.3) is 0 Å². The summed E-state index contributed by atoms with van der Waals surface area (Å²) in [4.78, 5) is 16.8. The van der Waals surface area contributed by atoms with Gasteiger partial charge in [-0.25, -0.2) is 4.98 Å². The Bertz CT molecular complexity index is 940. The molecule has 0 saturated heterocycles. The average molecular weight is 348 g/mol. The van der Waals surface area contributed by atoms with E-state index in [4.69, 9.17) is 0 Å². The number of carbonyl (C=O) groups is 1. The van der Waals surface area contributed by atoms with Gasteiger partial charge in [-0.05, 0) is 25.0 Å². The van der Waals surface area contributed by atoms with Crippen molar-refractivity contribution in [2.75, 3.05) is 6.54 Å². The first-order chi connectivity index (χ1) is 12.7. The maximum atomic E-state index is 12.1. The third kappa shape index (κ3) is 3.43. The Morgan fingerprint density at radius 1 is 1.27 bits per heavy atom. The smallest absolute Gasteiger partial charge is 0.244 e. The van der Waals surface area contributed by atoms with Gasteiger partial charge in [0.15, 0.2) is 0 Å². The molecule has 0 radical (unpaired) electrons. The van der Waals surface area contributed by atoms with Crippen LogP contribution in [0.1, 0.15) is 29.9 Å². The van der Waals surface area contributed by atoms with Crippen molar-refractivity contribution in [1.82, 2.24) is 19.4 Å². The number of aryl methyl sites for hydroxylation is 3. The van der Waals surface area contributed by atoms with Crippen LogP contribution in [0, 0.1) is 0 Å². The Hall–Kier alpha value is -2.82. The SMILES string of the molecule is Cn1cc(C=CC(=O)NCCc2cn3c(n2)CCCC3)c2ccccc21. The largest absolute Gasteiger partial charge is 0.352 e. The molecule has 1 aliphatic rings. The van der Waals surface area contributed by atoms with Crippen LogP contribution in [0.2, 0.25) is 0 Å². The molecule has 134 valence electrons. The molecule has 0 saturated carbocycles. The van der Waals surface area contributed by atoms with Crippen molar-refractivity contribution in [2.24, 2.45) is 7.05 Å². The second-order valence-electron chi connectivity index (χ2n) is 6.89. The van der Waals surface area contributed by atoms with Gasteiger partial charge in [0.2, 0.25) is 5.91 Å². The Balaban J connectivity index is 1.33. The number of hydrogen-bond donors (Lipinski definition) is 1. The van der Waals surface area contributed by atoms with E-state index in [0.717, 1.165) is 41.5 Å². The van der Waals surface area contributed by atoms with Crippen molar-refractivity contribution < 1.29 is 4.79 Å². The van der Waals surface area contributed by atoms with Crippen molar-refractivity contribution in [2.45, 2.75) is 32.2 Å². The zero-order valence-corrected chi connectivity index (χ0v) is 15.1. The Morgan fingerprint density at radius 3 is 3.04 bits per heavy atom. The van der Waals surface area contributed by atoms with Crippen LogP contribution >= 0.6 is 0 Å². The molecule has 0 bridgehead atoms. The van der Waals surface area contributed by atoms with Gasteiger partial charge in [-0.15, -0.1) is 0 Å². The minimum Gasteiger partial charge on any atom is -0.352 e. The fraction of sp³-hybridized carbons (Fsp3) is 0.333. The van der Waals surface area contributed by atoms with E-state index in [0.29, 0.717) is 6.54 Å². The van der Waals surface area contributed by atoms with Gasteiger partial charge in [0.05, 0.1) is 5.69 Å². The molecule has 4 rings (SSSR count). The molecule has 0 unspecified atom stereocenters. The second-order valence-corrected chi connectivity index (χ2v) is 6.89. The molecule has 5 heteroatoms. The Morgan fingerprint density at radius 2 is 2.15 bits per heavy atom. The fourth-order valence-corrected chi connectivity index (χ4v) is 3.64. The van der Waals surface area contributed by atoms with Crippen LogP contribution < -0.4 is 5.32 Å². The van der Waals surface area contributed by atoms with Crippen LogP contribution in [0.3, 0.4) is 0 Å². The van der Waals surface area contributed by atoms with Gasteiger partial charge in [0, 0.05) is 67.9 Å². The first kappa shape index (κ1) is 16.6. The lowest BCUT2D eigenvalue weighted by atomic mass is 10.1. The third-order valence-electron chi connectivity index (χ3n) is 4.98. The van der Waals surface area contributed by atoms with E-state index in [9.17, 15) is 4.79 Å². The van der Waals surface area contributed by atoms with Crippen molar-refractivity contribution in [3.63, 3.8) is 0 Å². The van der Waals surface area contributed by atoms with Crippen molar-refractivity contribution in [3.8, 4) is 0 Å². The predicted molar refractivity (Wildman–Crippen MR) is 104 cm³/mol. The highest BCUT2D eigenvalue weighted by atomic mass is 16.1. The number of amides is 1. The van der Waals surface area contributed by atoms with Crippen molar-refractivity contribution in [3.05, 3.63) is 59.8 Å². The highest BCUT2D eigenvalue weighted by molar-refractivity contribution is 5.96. The summed E-state index contributed by atoms with van der Waals surface area (Å²) in [7, 11) is 2.02. The Labute approximate surface area is 153 Å². The minimum atomic E-state index is -0.0677. The number of nitrogens with one attached hydrogen (secondary N) is 1. The maximum absolute atomic E-state index is 12.1. The predicted octanol–water partition coefficient (Wildman–Crippen LogP) is 3.08. The van der Waals surface area contributed by atoms with E-state index in [1.807, 2.05) is 31.5 Å². The molecule has 0 spiro atoms. The number of carbonyl (C=O) groups excluding carboxylic acids is 1. The van der Waals surface area contributed by atoms with E-state index < -0.39 is 0 Å². The molecule has 0 fully saturated rings. The molecule has 3 aromatic rings. The molecule has 5 nitrogen and oxygen atoms in total. The van der Waals surface area contributed by atoms with Gasteiger partial charge in [-0.2, -0.15) is 0 Å². The first-order valence-corrected chi connectivity index (χ1v) is 9.25. The summed E-state index contributed by atoms with van der Waals surface area (Å²) in [6.45, 7) is 1.68. The molecule has 1 amide bonds. The van der Waals surface area contributed by atoms with E-state index in [1.54, 1.807) is 6.08 Å². The van der Waals surface area contributed by atoms with Gasteiger partial charge in [-0.1, -0.05) is 18.2 Å². The molecule has 1 aromatic carbocycles. The number of para-hydroxylation sites is 1. The molecule has 1 N–H and O–H groups in total. The quantitative estimate of drug-likeness (QED) is 0.721. The van der Waals surface area contributed by atoms with E-state index >= 15 is 0 Å². The van der Waals surface area contributed by atoms with E-state index in [2.05, 4.69) is 37.8 Å². The van der Waals surface area contributed by atoms with Crippen LogP contribution in [-0.4, -0.2) is 26.6 Å². The lowest BCUT2D eigenvalue weighted by Gasteiger charge is -2.11. The molecular formula is C21H24N4O. The normalized spacial score (nSPS) is 14.0. The second kappa shape index (κ2) is 7.20. The van der Waals surface area contributed by atoms with Crippen molar-refractivity contribution >= 4 is 22.9 Å². The van der Waals surface area contributed by atoms with Crippen LogP contribution in [0.25, 0.3) is 17.0 Å². The summed E-state index contributed by atoms with van der Waals surface area (Å²) >= 11 is 0. The maximum Gasteiger partial charge on any atom is 0.244 e. The monoisotopic (exact) mass is 348 g/mol. The van der Waals surface area contributed by atoms with Gasteiger partial charge in [0.1, 0.15) is 5.82 Å². The number of rotatable bonds is 5. The Kier molecular flexibility index (Phi) is 4.61. The number of aromatic nitrogens is 3. The average Bonchev–Trinajstić information content (AvgIpc) is 3.21. The van der Waals surface area contributed by atoms with E-state index in [-0.39, 0.29) is 5.91 Å². The molecule has 2 aromatic heterocycles. The molecular weight excluding hydrogens is 324 g/mol. The van der Waals surface area contributed by atoms with Gasteiger partial charge < -0.3 is 14.5 Å². The molecule has 26 heavy (non-hydrogen) atoms. The number of fused-ring (bicyclic) bond motifs is 2. The summed E-state index contributed by atoms with van der Waals surface area (Å²) in [6, 6.07) is 8.20. The molecule has 1 aliphatic heterocycles. The third-order valence-corrected chi connectivity index (χ3v) is 4.98. The lowest BCUT2D eigenvalue weighted by molar-refractivity contribution is -0.116. The molecule has 0 aliphatic carbocycles. The topological polar surface area (TPSA) is 51.9 Å². The standard InChI is InChI=1S/C21H24N4O/c1-24-14-16(18-6-2-3-7-19(18)24)9-10-21(26)22-12-11-17-15-25-13-5-4-8-20(25)23-17/h2-3,6-7,9-10,14-15H,4-5,8,11-13H2,1H3,(H,22,26). The summed E-state index contributed by atoms with van der Waals surface area (Å²) < 4.78 is 4.33. The van der Waals surface area contributed by atoms with Gasteiger partial charge in [-0.3, -0.25) is 4.79 Å². The highest BCUT2D eigenvalue weighted by Gasteiger charge is 2.12. The van der Waals surface area contributed by atoms with Crippen LogP contribution in [0.4, 0.5) is 0 Å². The van der Waals surface area contributed by atoms with E-state index in [1.165, 1.54) is 18.7 Å². The van der Waals surface area contributed by atoms with Crippen LogP contribution in [-0.2, 0) is 31.2 Å². The fourth-order valence-electron chi connectivity index (χ4n) is 3.64. The lowest BCUT2D eigenvalue weighted by Crippen LogP contribution is -2.23. The number of benzene rings is 1. The van der Waals surface area contributed by atoms with Crippen LogP contribution in [0.15, 0.2) is 42.7 Å². The summed E-state index contributed by atoms with van der Waals surface area (Å²) in [5, 5.41) is 4.11. The number of hydrogen-bond acceptors (Lipinski definition) is 2. The number of nitrogens with zero attached hydrogens (tertiary/aromatic N) is 3. The summed E-state index contributed by atoms with van der Waals surface area (Å²) in [6.07, 6.45) is 12.0. The zero-order valence-electron chi connectivity index (χ0n) is 15.1. The highest BCUT2D eigenvalue weighted by Crippen LogP contribution is 2.21. The molecule has 3 heterocycles. The van der Waals surface area contributed by atoms with Gasteiger partial charge >= 0.3 is 0 Å². The summed E-state index contributed by atoms with van der Waals surface area (Å²) in [5.41, 5.74) is 3.29. The number of imidazole rings is 1. The minimum absolute atomic E-state index is 0.0677. The summed E-state index contributed by atoms with van der Waals surface area (Å²) in [5.74, 6) is 1.12. The molecule has 0 atom stereocenters.